The second-order valence-electron chi connectivity index (χ2n) is 27.5. The summed E-state index contributed by atoms with van der Waals surface area (Å²) in [5.41, 5.74) is -6.61. The van der Waals surface area contributed by atoms with Gasteiger partial charge in [0.05, 0.1) is 91.6 Å². The number of hydrogen-bond acceptors (Lipinski definition) is 30. The van der Waals surface area contributed by atoms with E-state index in [1.54, 1.807) is 76.2 Å². The first-order chi connectivity index (χ1) is 49.1. The maximum atomic E-state index is 13.7. The van der Waals surface area contributed by atoms with Crippen LogP contribution in [0.5, 0.6) is 0 Å². The van der Waals surface area contributed by atoms with Crippen LogP contribution in [0.4, 0.5) is 28.8 Å². The molecule has 4 aliphatic rings. The second kappa shape index (κ2) is 43.6. The largest absolute Gasteiger partial charge is 0.508 e. The Kier molecular flexibility index (Phi) is 37.5. The molecule has 0 bridgehead atoms. The molecule has 105 heavy (non-hydrogen) atoms. The zero-order valence-electron chi connectivity index (χ0n) is 61.5. The lowest BCUT2D eigenvalue weighted by Gasteiger charge is -2.44. The van der Waals surface area contributed by atoms with E-state index in [9.17, 15) is 69.1 Å². The molecule has 4 fully saturated rings. The topological polar surface area (TPSA) is 483 Å². The van der Waals surface area contributed by atoms with Crippen LogP contribution in [0.15, 0.2) is 9.98 Å². The van der Waals surface area contributed by atoms with E-state index in [0.717, 1.165) is 6.92 Å². The predicted molar refractivity (Wildman–Crippen MR) is 365 cm³/mol. The van der Waals surface area contributed by atoms with E-state index in [2.05, 4.69) is 31.9 Å². The predicted octanol–water partition coefficient (Wildman–Crippen LogP) is 4.25. The molecular weight excluding hydrogens is 1440 g/mol. The Hall–Kier alpha value is -7.17. The van der Waals surface area contributed by atoms with Crippen molar-refractivity contribution in [2.75, 3.05) is 119 Å². The Bertz CT molecular complexity index is 3200. The number of rotatable bonds is 41. The summed E-state index contributed by atoms with van der Waals surface area (Å²) >= 11 is 0. The van der Waals surface area contributed by atoms with Gasteiger partial charge in [0.15, 0.2) is 35.3 Å². The Morgan fingerprint density at radius 2 is 1.04 bits per heavy atom. The normalized spacial score (nSPS) is 23.0. The molecule has 4 aliphatic heterocycles. The van der Waals surface area contributed by atoms with E-state index in [1.807, 2.05) is 0 Å². The molecule has 4 saturated heterocycles. The van der Waals surface area contributed by atoms with Gasteiger partial charge in [-0.05, 0) is 112 Å². The van der Waals surface area contributed by atoms with E-state index in [0.29, 0.717) is 19.8 Å². The first-order valence-corrected chi connectivity index (χ1v) is 37.2. The Morgan fingerprint density at radius 3 is 1.48 bits per heavy atom. The van der Waals surface area contributed by atoms with Crippen molar-refractivity contribution >= 4 is 86.1 Å². The molecule has 38 nitrogen and oxygen atoms in total. The van der Waals surface area contributed by atoms with Crippen LogP contribution in [0.1, 0.15) is 128 Å². The number of amides is 6. The molecule has 0 spiro atoms. The van der Waals surface area contributed by atoms with Crippen LogP contribution in [0.2, 0.25) is 0 Å². The number of carbonyl (C=O) groups is 9. The van der Waals surface area contributed by atoms with Crippen LogP contribution >= 0.6 is 0 Å². The summed E-state index contributed by atoms with van der Waals surface area (Å²) < 4.78 is 165. The first-order valence-electron chi connectivity index (χ1n) is 34.2. The number of hydrogen-bond donors (Lipinski definition) is 5. The summed E-state index contributed by atoms with van der Waals surface area (Å²) in [4.78, 5) is 127. The number of nitrogens with one attached hydrogen (secondary N) is 3. The van der Waals surface area contributed by atoms with Gasteiger partial charge in [0, 0.05) is 44.5 Å². The fourth-order valence-electron chi connectivity index (χ4n) is 10.9. The Labute approximate surface area is 611 Å². The summed E-state index contributed by atoms with van der Waals surface area (Å²) in [7, 11) is -10.0. The number of esters is 1. The van der Waals surface area contributed by atoms with Crippen molar-refractivity contribution in [1.29, 1.82) is 0 Å². The number of ether oxygens (including phenoxy) is 17. The van der Waals surface area contributed by atoms with Crippen LogP contribution < -0.4 is 16.0 Å². The van der Waals surface area contributed by atoms with Crippen LogP contribution in [0.25, 0.3) is 0 Å². The summed E-state index contributed by atoms with van der Waals surface area (Å²) in [6.07, 6.45) is -12.4. The fraction of sp³-hybridized carbons (Fsp3) is 0.800. The lowest BCUT2D eigenvalue weighted by Crippen LogP contribution is -2.62. The molecule has 0 saturated carbocycles. The van der Waals surface area contributed by atoms with Crippen molar-refractivity contribution < 1.29 is 150 Å². The highest BCUT2D eigenvalue weighted by molar-refractivity contribution is 7.86. The Morgan fingerprint density at radius 1 is 0.610 bits per heavy atom. The van der Waals surface area contributed by atoms with Crippen molar-refractivity contribution in [3.8, 4) is 12.3 Å². The molecule has 4 heterocycles. The third-order valence-corrected chi connectivity index (χ3v) is 17.4. The number of carbonyl (C=O) groups excluding carboxylic acids is 9. The van der Waals surface area contributed by atoms with Gasteiger partial charge in [0.2, 0.25) is 11.8 Å². The first kappa shape index (κ1) is 90.2. The highest BCUT2D eigenvalue weighted by Gasteiger charge is 2.54. The van der Waals surface area contributed by atoms with Crippen molar-refractivity contribution in [3.05, 3.63) is 0 Å². The van der Waals surface area contributed by atoms with Gasteiger partial charge in [0.25, 0.3) is 20.2 Å². The number of nitrogens with zero attached hydrogens (tertiary/aromatic N) is 3. The highest BCUT2D eigenvalue weighted by atomic mass is 32.2. The fourth-order valence-corrected chi connectivity index (χ4v) is 12.5. The summed E-state index contributed by atoms with van der Waals surface area (Å²) in [5, 5.41) is 7.66. The van der Waals surface area contributed by atoms with E-state index in [-0.39, 0.29) is 123 Å². The zero-order chi connectivity index (χ0) is 78.3. The summed E-state index contributed by atoms with van der Waals surface area (Å²) in [6, 6.07) is -1.23. The molecule has 6 amide bonds. The van der Waals surface area contributed by atoms with E-state index in [1.165, 1.54) is 4.90 Å². The van der Waals surface area contributed by atoms with Gasteiger partial charge >= 0.3 is 42.7 Å². The van der Waals surface area contributed by atoms with E-state index < -0.39 is 195 Å². The van der Waals surface area contributed by atoms with Gasteiger partial charge in [-0.2, -0.15) is 26.8 Å². The average molecular weight is 1550 g/mol. The van der Waals surface area contributed by atoms with E-state index in [4.69, 9.17) is 87.0 Å². The standard InChI is InChI=1S/C65H104N6O32S2/c1-14-21-87-27-29-91-31-32-92-30-28-88-22-16-48(73)71(20-26-90-24-18-67-58(76)100-55(47-39-94-62(80)96-47)56-52(68-41(4)72)43(36-51(98-56)105(84,85)86)34-44(15-2)69-59(77)102-64(8,9)10)19-25-89-23-17-66-57(75)99-54(46-38-93-61(79)95-46)53-40(3)42(35-50(97-53)104(81,82)83)33-45(37-49(74)101-63(5,6)7)70-60(78)103-65(11,12)13/h1,40,42-43,46-47,50-56H,15-39H2,2-13H3,(H,66,75)(H,67,76)(H,68,72)(H,81,82,83)(H,84,85,86)/t40-,42+,43+,46-,47-,50-,51+,52-,53-,54-,55-,56-/m1/s1. The van der Waals surface area contributed by atoms with Gasteiger partial charge < -0.3 is 101 Å². The van der Waals surface area contributed by atoms with Crippen LogP contribution in [-0.4, -0.2) is 286 Å². The molecule has 4 rings (SSSR count). The number of alkyl carbamates (subject to hydrolysis) is 2. The third-order valence-electron chi connectivity index (χ3n) is 15.5. The molecule has 5 N–H and O–H groups in total. The van der Waals surface area contributed by atoms with Crippen molar-refractivity contribution in [3.63, 3.8) is 0 Å². The molecule has 598 valence electrons. The molecule has 0 aromatic heterocycles. The maximum absolute atomic E-state index is 13.7. The lowest BCUT2D eigenvalue weighted by molar-refractivity contribution is -0.153. The van der Waals surface area contributed by atoms with E-state index >= 15 is 0 Å². The second-order valence-corrected chi connectivity index (χ2v) is 30.6. The van der Waals surface area contributed by atoms with Crippen LogP contribution in [0, 0.1) is 30.1 Å². The van der Waals surface area contributed by atoms with Gasteiger partial charge in [0.1, 0.15) is 48.8 Å². The smallest absolute Gasteiger partial charge is 0.460 e. The highest BCUT2D eigenvalue weighted by Crippen LogP contribution is 2.40. The number of cyclic esters (lactones) is 4. The maximum Gasteiger partial charge on any atom is 0.508 e. The average Bonchev–Trinajstić information content (AvgIpc) is 1.71. The van der Waals surface area contributed by atoms with Gasteiger partial charge in [-0.15, -0.1) is 6.42 Å². The molecular formula is C65H104N6O32S2. The number of terminal acetylenes is 1. The van der Waals surface area contributed by atoms with Gasteiger partial charge in [-0.3, -0.25) is 23.5 Å². The van der Waals surface area contributed by atoms with Crippen molar-refractivity contribution in [2.45, 2.75) is 198 Å². The molecule has 0 aromatic rings. The third kappa shape index (κ3) is 35.4. The summed E-state index contributed by atoms with van der Waals surface area (Å²) in [6.45, 7) is 18.5. The number of aliphatic imine (C=N–C) groups is 2. The molecule has 0 radical (unpaired) electrons. The van der Waals surface area contributed by atoms with Crippen molar-refractivity contribution in [1.82, 2.24) is 20.9 Å². The molecule has 0 unspecified atom stereocenters. The summed E-state index contributed by atoms with van der Waals surface area (Å²) in [5.74, 6) is -2.14. The quantitative estimate of drug-likeness (QED) is 0.0143. The van der Waals surface area contributed by atoms with Crippen molar-refractivity contribution in [2.24, 2.45) is 27.7 Å². The lowest BCUT2D eigenvalue weighted by atomic mass is 9.78. The Balaban J connectivity index is 1.43. The molecule has 0 aliphatic carbocycles. The van der Waals surface area contributed by atoms with Crippen LogP contribution in [0.3, 0.4) is 0 Å². The van der Waals surface area contributed by atoms with Crippen LogP contribution in [-0.2, 0) is 115 Å². The molecule has 12 atom stereocenters. The SMILES string of the molecule is C#CCOCCOCCOCCOCCC(=O)N(CCOCCNC(=O)O[C@@H]([C@@H]1O[C@H](S(=O)(=O)O)C[C@H](CC(CC(=O)OC(C)(C)C)=NC(=O)OC(C)(C)C)[C@H]1C)[C@H]1COC(=O)O1)CCOCCNC(=O)O[C@@H]([C@@H]1O[C@@H](S(=O)(=O)O)C[C@H](CC(CC)=NC(=O)OC(C)(C)C)[C@H]1NC(C)=O)[C@H]1COC(=O)O1. The molecule has 0 aromatic carbocycles. The minimum absolute atomic E-state index is 0.0160. The minimum Gasteiger partial charge on any atom is -0.460 e. The zero-order valence-corrected chi connectivity index (χ0v) is 63.1. The molecule has 40 heteroatoms. The monoisotopic (exact) mass is 1540 g/mol. The van der Waals surface area contributed by atoms with Gasteiger partial charge in [-0.25, -0.2) is 28.8 Å². The minimum atomic E-state index is -5.02. The van der Waals surface area contributed by atoms with Gasteiger partial charge in [-0.1, -0.05) is 19.8 Å².